The molecule has 0 saturated carbocycles. The molecular weight excluding hydrogens is 246 g/mol. The van der Waals surface area contributed by atoms with Crippen LogP contribution in [-0.2, 0) is 6.61 Å². The van der Waals surface area contributed by atoms with E-state index in [1.807, 2.05) is 0 Å². The molecule has 1 heterocycles. The second-order valence-electron chi connectivity index (χ2n) is 3.29. The van der Waals surface area contributed by atoms with Gasteiger partial charge in [-0.05, 0) is 12.1 Å². The number of halogens is 1. The van der Waals surface area contributed by atoms with Crippen LogP contribution in [-0.4, -0.2) is 4.92 Å². The highest BCUT2D eigenvalue weighted by molar-refractivity contribution is 6.30. The Morgan fingerprint density at radius 2 is 2.24 bits per heavy atom. The molecule has 0 amide bonds. The largest absolute Gasteiger partial charge is 0.482 e. The zero-order valence-corrected chi connectivity index (χ0v) is 9.39. The minimum Gasteiger partial charge on any atom is -0.482 e. The van der Waals surface area contributed by atoms with Gasteiger partial charge in [-0.15, -0.1) is 0 Å². The van der Waals surface area contributed by atoms with Crippen molar-refractivity contribution in [3.05, 3.63) is 57.5 Å². The van der Waals surface area contributed by atoms with Gasteiger partial charge in [-0.25, -0.2) is 0 Å². The third-order valence-corrected chi connectivity index (χ3v) is 2.33. The third-order valence-electron chi connectivity index (χ3n) is 2.09. The van der Waals surface area contributed by atoms with Crippen LogP contribution >= 0.6 is 11.6 Å². The second kappa shape index (κ2) is 4.88. The maximum absolute atomic E-state index is 10.8. The molecule has 0 radical (unpaired) electrons. The lowest BCUT2D eigenvalue weighted by atomic mass is 10.3. The van der Waals surface area contributed by atoms with Crippen molar-refractivity contribution in [1.82, 2.24) is 0 Å². The van der Waals surface area contributed by atoms with E-state index in [2.05, 4.69) is 0 Å². The molecule has 88 valence electrons. The Kier molecular flexibility index (Phi) is 3.30. The van der Waals surface area contributed by atoms with Crippen LogP contribution < -0.4 is 4.74 Å². The lowest BCUT2D eigenvalue weighted by molar-refractivity contribution is -0.385. The average Bonchev–Trinajstić information content (AvgIpc) is 2.78. The second-order valence-corrected chi connectivity index (χ2v) is 3.73. The SMILES string of the molecule is O=[N+]([O-])c1ccc(Cl)cc1OCc1ccoc1. The smallest absolute Gasteiger partial charge is 0.311 e. The van der Waals surface area contributed by atoms with Crippen LogP contribution in [0.5, 0.6) is 5.75 Å². The maximum Gasteiger partial charge on any atom is 0.311 e. The summed E-state index contributed by atoms with van der Waals surface area (Å²) in [6.45, 7) is 0.192. The van der Waals surface area contributed by atoms with E-state index in [0.717, 1.165) is 5.56 Å². The first-order chi connectivity index (χ1) is 8.16. The van der Waals surface area contributed by atoms with Crippen molar-refractivity contribution in [3.8, 4) is 5.75 Å². The molecular formula is C11H8ClNO4. The van der Waals surface area contributed by atoms with Crippen LogP contribution in [0.3, 0.4) is 0 Å². The van der Waals surface area contributed by atoms with Gasteiger partial charge in [0, 0.05) is 22.7 Å². The number of nitro groups is 1. The molecule has 2 aromatic rings. The summed E-state index contributed by atoms with van der Waals surface area (Å²) >= 11 is 5.76. The highest BCUT2D eigenvalue weighted by atomic mass is 35.5. The first-order valence-corrected chi connectivity index (χ1v) is 5.12. The molecule has 0 saturated heterocycles. The summed E-state index contributed by atoms with van der Waals surface area (Å²) in [6, 6.07) is 5.90. The highest BCUT2D eigenvalue weighted by Crippen LogP contribution is 2.30. The van der Waals surface area contributed by atoms with Crippen LogP contribution in [0.2, 0.25) is 5.02 Å². The number of rotatable bonds is 4. The van der Waals surface area contributed by atoms with Crippen LogP contribution in [0.25, 0.3) is 0 Å². The molecule has 2 rings (SSSR count). The van der Waals surface area contributed by atoms with Gasteiger partial charge in [0.15, 0.2) is 5.75 Å². The number of ether oxygens (including phenoxy) is 1. The minimum absolute atomic E-state index is 0.113. The number of furan rings is 1. The average molecular weight is 254 g/mol. The fraction of sp³-hybridized carbons (Fsp3) is 0.0909. The van der Waals surface area contributed by atoms with Crippen molar-refractivity contribution in [3.63, 3.8) is 0 Å². The lowest BCUT2D eigenvalue weighted by Gasteiger charge is -2.05. The van der Waals surface area contributed by atoms with E-state index in [0.29, 0.717) is 5.02 Å². The Balaban J connectivity index is 2.19. The van der Waals surface area contributed by atoms with E-state index >= 15 is 0 Å². The molecule has 1 aromatic heterocycles. The first-order valence-electron chi connectivity index (χ1n) is 4.74. The van der Waals surface area contributed by atoms with Gasteiger partial charge in [0.1, 0.15) is 6.61 Å². The number of nitrogens with zero attached hydrogens (tertiary/aromatic N) is 1. The number of benzene rings is 1. The van der Waals surface area contributed by atoms with Crippen LogP contribution in [0.4, 0.5) is 5.69 Å². The maximum atomic E-state index is 10.8. The molecule has 0 aliphatic carbocycles. The van der Waals surface area contributed by atoms with E-state index in [9.17, 15) is 10.1 Å². The van der Waals surface area contributed by atoms with E-state index < -0.39 is 4.92 Å². The molecule has 6 heteroatoms. The Labute approximate surface area is 102 Å². The molecule has 17 heavy (non-hydrogen) atoms. The fourth-order valence-electron chi connectivity index (χ4n) is 1.29. The normalized spacial score (nSPS) is 10.2. The van der Waals surface area contributed by atoms with Crippen molar-refractivity contribution in [2.24, 2.45) is 0 Å². The molecule has 0 spiro atoms. The standard InChI is InChI=1S/C11H8ClNO4/c12-9-1-2-10(13(14)15)11(5-9)17-7-8-3-4-16-6-8/h1-6H,7H2. The van der Waals surface area contributed by atoms with E-state index in [4.69, 9.17) is 20.8 Å². The van der Waals surface area contributed by atoms with E-state index in [-0.39, 0.29) is 18.0 Å². The molecule has 0 atom stereocenters. The number of nitro benzene ring substituents is 1. The third kappa shape index (κ3) is 2.76. The molecule has 1 aromatic carbocycles. The highest BCUT2D eigenvalue weighted by Gasteiger charge is 2.15. The van der Waals surface area contributed by atoms with Gasteiger partial charge in [0.2, 0.25) is 0 Å². The summed E-state index contributed by atoms with van der Waals surface area (Å²) in [4.78, 5) is 10.2. The fourth-order valence-corrected chi connectivity index (χ4v) is 1.45. The molecule has 0 unspecified atom stereocenters. The van der Waals surface area contributed by atoms with Crippen molar-refractivity contribution in [2.45, 2.75) is 6.61 Å². The van der Waals surface area contributed by atoms with Crippen molar-refractivity contribution >= 4 is 17.3 Å². The Morgan fingerprint density at radius 3 is 2.88 bits per heavy atom. The van der Waals surface area contributed by atoms with Gasteiger partial charge in [-0.2, -0.15) is 0 Å². The quantitative estimate of drug-likeness (QED) is 0.618. The van der Waals surface area contributed by atoms with Gasteiger partial charge < -0.3 is 9.15 Å². The monoisotopic (exact) mass is 253 g/mol. The molecule has 0 N–H and O–H groups in total. The van der Waals surface area contributed by atoms with Crippen molar-refractivity contribution < 1.29 is 14.1 Å². The molecule has 0 fully saturated rings. The van der Waals surface area contributed by atoms with Gasteiger partial charge >= 0.3 is 5.69 Å². The summed E-state index contributed by atoms with van der Waals surface area (Å²) in [5, 5.41) is 11.1. The predicted octanol–water partition coefficient (Wildman–Crippen LogP) is 3.42. The van der Waals surface area contributed by atoms with Crippen LogP contribution in [0, 0.1) is 10.1 Å². The van der Waals surface area contributed by atoms with Gasteiger partial charge in [-0.3, -0.25) is 10.1 Å². The minimum atomic E-state index is -0.513. The van der Waals surface area contributed by atoms with Gasteiger partial charge in [0.05, 0.1) is 17.4 Å². The summed E-state index contributed by atoms with van der Waals surface area (Å²) < 4.78 is 10.2. The van der Waals surface area contributed by atoms with Gasteiger partial charge in [0.25, 0.3) is 0 Å². The summed E-state index contributed by atoms with van der Waals surface area (Å²) in [5.74, 6) is 0.142. The molecule has 5 nitrogen and oxygen atoms in total. The Hall–Kier alpha value is -2.01. The Bertz CT molecular complexity index is 524. The summed E-state index contributed by atoms with van der Waals surface area (Å²) in [7, 11) is 0. The molecule has 0 bridgehead atoms. The van der Waals surface area contributed by atoms with Crippen molar-refractivity contribution in [1.29, 1.82) is 0 Å². The number of hydrogen-bond acceptors (Lipinski definition) is 4. The van der Waals surface area contributed by atoms with E-state index in [1.54, 1.807) is 6.07 Å². The summed E-state index contributed by atoms with van der Waals surface area (Å²) in [5.41, 5.74) is 0.678. The number of hydrogen-bond donors (Lipinski definition) is 0. The van der Waals surface area contributed by atoms with Crippen molar-refractivity contribution in [2.75, 3.05) is 0 Å². The molecule has 0 aliphatic rings. The van der Waals surface area contributed by atoms with Gasteiger partial charge in [-0.1, -0.05) is 11.6 Å². The molecule has 0 aliphatic heterocycles. The Morgan fingerprint density at radius 1 is 1.41 bits per heavy atom. The summed E-state index contributed by atoms with van der Waals surface area (Å²) in [6.07, 6.45) is 3.02. The van der Waals surface area contributed by atoms with E-state index in [1.165, 1.54) is 30.7 Å². The zero-order valence-electron chi connectivity index (χ0n) is 8.63. The van der Waals surface area contributed by atoms with Crippen LogP contribution in [0.1, 0.15) is 5.56 Å². The lowest BCUT2D eigenvalue weighted by Crippen LogP contribution is -1.98. The topological polar surface area (TPSA) is 65.5 Å². The predicted molar refractivity (Wildman–Crippen MR) is 61.1 cm³/mol. The first kappa shape index (κ1) is 11.5. The zero-order chi connectivity index (χ0) is 12.3. The van der Waals surface area contributed by atoms with Crippen LogP contribution in [0.15, 0.2) is 41.2 Å².